The summed E-state index contributed by atoms with van der Waals surface area (Å²) in [5.74, 6) is -6.99. The Morgan fingerprint density at radius 3 is 1.98 bits per heavy atom. The molecule has 0 aliphatic carbocycles. The van der Waals surface area contributed by atoms with Crippen molar-refractivity contribution in [2.24, 2.45) is 32.9 Å². The zero-order valence-electron chi connectivity index (χ0n) is 26.6. The van der Waals surface area contributed by atoms with E-state index in [2.05, 4.69) is 36.6 Å². The summed E-state index contributed by atoms with van der Waals surface area (Å²) in [6.07, 6.45) is -1.39. The summed E-state index contributed by atoms with van der Waals surface area (Å²) in [6, 6.07) is -6.88. The van der Waals surface area contributed by atoms with Crippen molar-refractivity contribution in [1.29, 1.82) is 0 Å². The average molecular weight is 683 g/mol. The summed E-state index contributed by atoms with van der Waals surface area (Å²) in [7, 11) is 0. The highest BCUT2D eigenvalue weighted by Crippen LogP contribution is 2.20. The Kier molecular flexibility index (Phi) is 15.3. The van der Waals surface area contributed by atoms with Gasteiger partial charge in [0.15, 0.2) is 11.9 Å². The molecular weight excluding hydrogens is 636 g/mol. The van der Waals surface area contributed by atoms with E-state index in [9.17, 15) is 43.8 Å². The number of hydrogen-bond donors (Lipinski definition) is 11. The number of nitrogens with two attached hydrogens (primary N) is 4. The number of carbonyl (C=O) groups is 7. The molecule has 15 N–H and O–H groups in total. The Morgan fingerprint density at radius 2 is 1.42 bits per heavy atom. The zero-order chi connectivity index (χ0) is 36.0. The second-order valence-corrected chi connectivity index (χ2v) is 11.4. The summed E-state index contributed by atoms with van der Waals surface area (Å²) >= 11 is 0. The van der Waals surface area contributed by atoms with Gasteiger partial charge in [0, 0.05) is 19.6 Å². The topological polar surface area (TPSA) is 352 Å². The number of aliphatic carboxylic acids is 1. The molecule has 0 radical (unpaired) electrons. The van der Waals surface area contributed by atoms with E-state index < -0.39 is 90.7 Å². The predicted molar refractivity (Wildman–Crippen MR) is 169 cm³/mol. The molecule has 2 rings (SSSR count). The minimum Gasteiger partial charge on any atom is -0.481 e. The average Bonchev–Trinajstić information content (AvgIpc) is 3.50. The van der Waals surface area contributed by atoms with Crippen LogP contribution in [0.25, 0.3) is 0 Å². The summed E-state index contributed by atoms with van der Waals surface area (Å²) in [4.78, 5) is 100. The van der Waals surface area contributed by atoms with Crippen LogP contribution >= 0.6 is 0 Å². The molecule has 2 saturated heterocycles. The first-order valence-electron chi connectivity index (χ1n) is 15.4. The van der Waals surface area contributed by atoms with Crippen LogP contribution < -0.4 is 49.5 Å². The largest absolute Gasteiger partial charge is 0.481 e. The van der Waals surface area contributed by atoms with Gasteiger partial charge in [0.2, 0.25) is 35.4 Å². The number of guanidine groups is 2. The lowest BCUT2D eigenvalue weighted by atomic mass is 10.1. The van der Waals surface area contributed by atoms with Crippen molar-refractivity contribution in [1.82, 2.24) is 31.5 Å². The Labute approximate surface area is 276 Å². The van der Waals surface area contributed by atoms with Crippen LogP contribution in [0.4, 0.5) is 0 Å². The second-order valence-electron chi connectivity index (χ2n) is 11.4. The van der Waals surface area contributed by atoms with E-state index in [4.69, 9.17) is 22.9 Å². The lowest BCUT2D eigenvalue weighted by molar-refractivity contribution is -0.144. The molecule has 0 spiro atoms. The fourth-order valence-corrected chi connectivity index (χ4v) is 5.14. The molecule has 6 atom stereocenters. The van der Waals surface area contributed by atoms with Gasteiger partial charge in [0.1, 0.15) is 30.2 Å². The number of amides is 6. The molecule has 0 unspecified atom stereocenters. The highest BCUT2D eigenvalue weighted by molar-refractivity contribution is 5.98. The van der Waals surface area contributed by atoms with Crippen LogP contribution in [0.2, 0.25) is 0 Å². The number of nitrogens with zero attached hydrogens (tertiary/aromatic N) is 3. The molecular formula is C27H46N12O9. The molecule has 48 heavy (non-hydrogen) atoms. The standard InChI is InChI=1S/C27H46N12O9/c1-13(40)20-24(47)36-14(5-2-8-32-26(28)29)21(44)34-12-18(41)35-16(11-19(42)43)22(45)37-15(6-3-9-33-27(30)31)25(48)39-10-4-7-17(39)23(46)38-20/h13-17,20,40H,2-12H2,1H3,(H,34,44)(H,35,41)(H,36,47)(H,37,45)(H,38,46)(H,42,43)(H4,28,29,32)(H4,30,31,33)/t13-,14+,15+,16+,17+,20+/m1/s1. The van der Waals surface area contributed by atoms with Crippen molar-refractivity contribution in [3.8, 4) is 0 Å². The SMILES string of the molecule is C[C@@H](O)[C@@H]1NC(=O)[C@@H]2CCCN2C(=O)[C@H](CCCN=C(N)N)NC(=O)[C@H](CC(=O)O)NC(=O)CNC(=O)[C@H](CCCN=C(N)N)NC1=O. The summed E-state index contributed by atoms with van der Waals surface area (Å²) < 4.78 is 0. The first-order chi connectivity index (χ1) is 22.6. The minimum absolute atomic E-state index is 0.0285. The summed E-state index contributed by atoms with van der Waals surface area (Å²) in [5, 5.41) is 31.8. The van der Waals surface area contributed by atoms with Crippen LogP contribution in [0.5, 0.6) is 0 Å². The fraction of sp³-hybridized carbons (Fsp3) is 0.667. The molecule has 2 heterocycles. The van der Waals surface area contributed by atoms with E-state index >= 15 is 0 Å². The predicted octanol–water partition coefficient (Wildman–Crippen LogP) is -5.99. The quantitative estimate of drug-likeness (QED) is 0.0550. The van der Waals surface area contributed by atoms with Crippen LogP contribution in [-0.2, 0) is 33.6 Å². The Morgan fingerprint density at radius 1 is 0.833 bits per heavy atom. The first-order valence-corrected chi connectivity index (χ1v) is 15.4. The van der Waals surface area contributed by atoms with Gasteiger partial charge in [-0.25, -0.2) is 0 Å². The van der Waals surface area contributed by atoms with Gasteiger partial charge in [0.05, 0.1) is 19.1 Å². The first kappa shape index (κ1) is 39.0. The molecule has 0 aromatic carbocycles. The van der Waals surface area contributed by atoms with E-state index in [0.29, 0.717) is 6.42 Å². The van der Waals surface area contributed by atoms with E-state index in [1.807, 2.05) is 0 Å². The maximum Gasteiger partial charge on any atom is 0.305 e. The van der Waals surface area contributed by atoms with Gasteiger partial charge in [0.25, 0.3) is 0 Å². The third-order valence-corrected chi connectivity index (χ3v) is 7.49. The Balaban J connectivity index is 2.47. The lowest BCUT2D eigenvalue weighted by Gasteiger charge is -2.31. The molecule has 2 aliphatic rings. The molecule has 0 bridgehead atoms. The molecule has 6 amide bonds. The maximum atomic E-state index is 13.8. The number of hydrogen-bond acceptors (Lipinski definition) is 10. The van der Waals surface area contributed by atoms with Gasteiger partial charge in [-0.2, -0.15) is 0 Å². The van der Waals surface area contributed by atoms with Crippen LogP contribution in [-0.4, -0.2) is 131 Å². The van der Waals surface area contributed by atoms with Gasteiger partial charge >= 0.3 is 5.97 Å². The smallest absolute Gasteiger partial charge is 0.305 e. The van der Waals surface area contributed by atoms with E-state index in [1.54, 1.807) is 0 Å². The number of carboxylic acid groups (broad SMARTS) is 1. The number of aliphatic imine (C=N–C) groups is 2. The van der Waals surface area contributed by atoms with Crippen LogP contribution in [0, 0.1) is 0 Å². The van der Waals surface area contributed by atoms with Gasteiger partial charge in [-0.3, -0.25) is 43.5 Å². The highest BCUT2D eigenvalue weighted by atomic mass is 16.4. The van der Waals surface area contributed by atoms with Crippen LogP contribution in [0.1, 0.15) is 51.9 Å². The molecule has 2 aliphatic heterocycles. The molecule has 0 aromatic rings. The Bertz CT molecular complexity index is 1270. The monoisotopic (exact) mass is 682 g/mol. The van der Waals surface area contributed by atoms with Crippen molar-refractivity contribution in [3.63, 3.8) is 0 Å². The second kappa shape index (κ2) is 18.8. The van der Waals surface area contributed by atoms with Gasteiger partial charge < -0.3 is 64.6 Å². The van der Waals surface area contributed by atoms with Crippen LogP contribution in [0.3, 0.4) is 0 Å². The van der Waals surface area contributed by atoms with Crippen LogP contribution in [0.15, 0.2) is 9.98 Å². The van der Waals surface area contributed by atoms with Crippen molar-refractivity contribution in [2.45, 2.75) is 88.2 Å². The van der Waals surface area contributed by atoms with Crippen molar-refractivity contribution in [3.05, 3.63) is 0 Å². The maximum absolute atomic E-state index is 13.8. The van der Waals surface area contributed by atoms with Gasteiger partial charge in [-0.05, 0) is 45.4 Å². The number of aliphatic hydroxyl groups is 1. The molecule has 0 aromatic heterocycles. The van der Waals surface area contributed by atoms with Crippen molar-refractivity contribution < 1.29 is 43.8 Å². The lowest BCUT2D eigenvalue weighted by Crippen LogP contribution is -2.61. The molecule has 21 nitrogen and oxygen atoms in total. The van der Waals surface area contributed by atoms with Gasteiger partial charge in [-0.15, -0.1) is 0 Å². The third-order valence-electron chi connectivity index (χ3n) is 7.49. The number of nitrogens with one attached hydrogen (secondary N) is 5. The normalized spacial score (nSPS) is 25.1. The van der Waals surface area contributed by atoms with E-state index in [-0.39, 0.29) is 63.7 Å². The number of carboxylic acids is 1. The molecule has 21 heteroatoms. The molecule has 0 saturated carbocycles. The zero-order valence-corrected chi connectivity index (χ0v) is 26.6. The number of rotatable bonds is 11. The Hall–Kier alpha value is -5.21. The number of carbonyl (C=O) groups excluding carboxylic acids is 6. The summed E-state index contributed by atoms with van der Waals surface area (Å²) in [5.41, 5.74) is 21.4. The third kappa shape index (κ3) is 12.5. The van der Waals surface area contributed by atoms with Crippen molar-refractivity contribution >= 4 is 53.3 Å². The van der Waals surface area contributed by atoms with Gasteiger partial charge in [-0.1, -0.05) is 0 Å². The summed E-state index contributed by atoms with van der Waals surface area (Å²) in [6.45, 7) is 0.806. The van der Waals surface area contributed by atoms with E-state index in [1.165, 1.54) is 11.8 Å². The van der Waals surface area contributed by atoms with Crippen molar-refractivity contribution in [2.75, 3.05) is 26.2 Å². The highest BCUT2D eigenvalue weighted by Gasteiger charge is 2.40. The van der Waals surface area contributed by atoms with E-state index in [0.717, 1.165) is 0 Å². The molecule has 2 fully saturated rings. The number of fused-ring (bicyclic) bond motifs is 1. The minimum atomic E-state index is -1.65. The number of aliphatic hydroxyl groups excluding tert-OH is 1. The molecule has 268 valence electrons. The fourth-order valence-electron chi connectivity index (χ4n) is 5.14.